The highest BCUT2D eigenvalue weighted by atomic mass is 32.2. The van der Waals surface area contributed by atoms with E-state index in [4.69, 9.17) is 9.84 Å². The van der Waals surface area contributed by atoms with Gasteiger partial charge in [-0.1, -0.05) is 6.92 Å². The Labute approximate surface area is 112 Å². The summed E-state index contributed by atoms with van der Waals surface area (Å²) in [6, 6.07) is 3.79. The molecule has 1 aromatic rings. The van der Waals surface area contributed by atoms with Gasteiger partial charge in [-0.3, -0.25) is 0 Å². The van der Waals surface area contributed by atoms with Crippen molar-refractivity contribution in [1.29, 1.82) is 0 Å². The average Bonchev–Trinajstić information content (AvgIpc) is 2.37. The second-order valence-electron chi connectivity index (χ2n) is 3.79. The van der Waals surface area contributed by atoms with Gasteiger partial charge in [-0.05, 0) is 31.5 Å². The van der Waals surface area contributed by atoms with Crippen LogP contribution in [-0.4, -0.2) is 32.6 Å². The van der Waals surface area contributed by atoms with Gasteiger partial charge in [-0.25, -0.2) is 17.9 Å². The van der Waals surface area contributed by atoms with Crippen LogP contribution in [-0.2, 0) is 10.0 Å². The lowest BCUT2D eigenvalue weighted by Gasteiger charge is -2.10. The molecule has 0 unspecified atom stereocenters. The lowest BCUT2D eigenvalue weighted by atomic mass is 10.2. The summed E-state index contributed by atoms with van der Waals surface area (Å²) in [5.74, 6) is -1.07. The van der Waals surface area contributed by atoms with Crippen LogP contribution < -0.4 is 9.46 Å². The molecule has 106 valence electrons. The number of ether oxygens (including phenoxy) is 1. The van der Waals surface area contributed by atoms with Crippen molar-refractivity contribution < 1.29 is 23.1 Å². The van der Waals surface area contributed by atoms with Crippen molar-refractivity contribution in [2.75, 3.05) is 13.2 Å². The van der Waals surface area contributed by atoms with Gasteiger partial charge in [0.25, 0.3) is 0 Å². The Kier molecular flexibility index (Phi) is 5.31. The number of nitrogens with one attached hydrogen (secondary N) is 1. The van der Waals surface area contributed by atoms with E-state index >= 15 is 0 Å². The van der Waals surface area contributed by atoms with E-state index in [0.717, 1.165) is 6.07 Å². The fraction of sp³-hybridized carbons (Fsp3) is 0.417. The molecule has 0 radical (unpaired) electrons. The lowest BCUT2D eigenvalue weighted by Crippen LogP contribution is -2.24. The summed E-state index contributed by atoms with van der Waals surface area (Å²) < 4.78 is 31.3. The number of rotatable bonds is 7. The van der Waals surface area contributed by atoms with Crippen LogP contribution in [0.2, 0.25) is 0 Å². The molecule has 1 rings (SSSR count). The van der Waals surface area contributed by atoms with Gasteiger partial charge in [0.2, 0.25) is 10.0 Å². The number of aromatic carboxylic acids is 1. The molecule has 0 heterocycles. The summed E-state index contributed by atoms with van der Waals surface area (Å²) >= 11 is 0. The Morgan fingerprint density at radius 1 is 1.37 bits per heavy atom. The quantitative estimate of drug-likeness (QED) is 0.792. The first-order valence-corrected chi connectivity index (χ1v) is 7.40. The first-order chi connectivity index (χ1) is 8.92. The maximum absolute atomic E-state index is 11.9. The molecule has 0 amide bonds. The normalized spacial score (nSPS) is 11.3. The van der Waals surface area contributed by atoms with E-state index in [-0.39, 0.29) is 16.2 Å². The van der Waals surface area contributed by atoms with Gasteiger partial charge in [0.1, 0.15) is 11.3 Å². The Morgan fingerprint density at radius 3 is 2.58 bits per heavy atom. The summed E-state index contributed by atoms with van der Waals surface area (Å²) in [6.45, 7) is 4.17. The topological polar surface area (TPSA) is 92.7 Å². The maximum atomic E-state index is 11.9. The predicted octanol–water partition coefficient (Wildman–Crippen LogP) is 1.47. The van der Waals surface area contributed by atoms with Crippen molar-refractivity contribution in [3.63, 3.8) is 0 Å². The molecule has 1 aromatic carbocycles. The van der Waals surface area contributed by atoms with Gasteiger partial charge in [0, 0.05) is 6.54 Å². The van der Waals surface area contributed by atoms with Crippen LogP contribution >= 0.6 is 0 Å². The van der Waals surface area contributed by atoms with Gasteiger partial charge in [0.05, 0.1) is 11.5 Å². The summed E-state index contributed by atoms with van der Waals surface area (Å²) in [6.07, 6.45) is 0.655. The SMILES string of the molecule is CCCNS(=O)(=O)c1ccc(OCC)c(C(=O)O)c1. The largest absolute Gasteiger partial charge is 0.493 e. The summed E-state index contributed by atoms with van der Waals surface area (Å²) in [5.41, 5.74) is -0.166. The van der Waals surface area contributed by atoms with Crippen LogP contribution in [0.3, 0.4) is 0 Å². The number of carboxylic acid groups (broad SMARTS) is 1. The van der Waals surface area contributed by atoms with Gasteiger partial charge in [0.15, 0.2) is 0 Å². The van der Waals surface area contributed by atoms with Crippen LogP contribution in [0.1, 0.15) is 30.6 Å². The number of carbonyl (C=O) groups is 1. The number of benzene rings is 1. The minimum atomic E-state index is -3.68. The smallest absolute Gasteiger partial charge is 0.339 e. The third-order valence-electron chi connectivity index (χ3n) is 2.33. The fourth-order valence-electron chi connectivity index (χ4n) is 1.44. The van der Waals surface area contributed by atoms with Crippen molar-refractivity contribution in [2.24, 2.45) is 0 Å². The molecule has 0 aromatic heterocycles. The highest BCUT2D eigenvalue weighted by Crippen LogP contribution is 2.22. The molecule has 0 bridgehead atoms. The number of carboxylic acids is 1. The predicted molar refractivity (Wildman–Crippen MR) is 70.0 cm³/mol. The number of hydrogen-bond acceptors (Lipinski definition) is 4. The van der Waals surface area contributed by atoms with E-state index in [1.807, 2.05) is 6.92 Å². The summed E-state index contributed by atoms with van der Waals surface area (Å²) in [7, 11) is -3.68. The van der Waals surface area contributed by atoms with Crippen LogP contribution in [0.25, 0.3) is 0 Å². The second-order valence-corrected chi connectivity index (χ2v) is 5.56. The highest BCUT2D eigenvalue weighted by Gasteiger charge is 2.19. The summed E-state index contributed by atoms with van der Waals surface area (Å²) in [4.78, 5) is 11.0. The van der Waals surface area contributed by atoms with Crippen molar-refractivity contribution in [3.8, 4) is 5.75 Å². The van der Waals surface area contributed by atoms with E-state index in [1.54, 1.807) is 6.92 Å². The first kappa shape index (κ1) is 15.5. The molecular weight excluding hydrogens is 270 g/mol. The van der Waals surface area contributed by atoms with E-state index in [0.29, 0.717) is 19.6 Å². The zero-order valence-corrected chi connectivity index (χ0v) is 11.7. The van der Waals surface area contributed by atoms with Crippen LogP contribution in [0.4, 0.5) is 0 Å². The van der Waals surface area contributed by atoms with Gasteiger partial charge in [-0.15, -0.1) is 0 Å². The molecule has 0 spiro atoms. The highest BCUT2D eigenvalue weighted by molar-refractivity contribution is 7.89. The Morgan fingerprint density at radius 2 is 2.05 bits per heavy atom. The Hall–Kier alpha value is -1.60. The molecule has 0 saturated heterocycles. The van der Waals surface area contributed by atoms with Crippen molar-refractivity contribution >= 4 is 16.0 Å². The van der Waals surface area contributed by atoms with Crippen LogP contribution in [0.5, 0.6) is 5.75 Å². The molecule has 0 atom stereocenters. The molecule has 0 fully saturated rings. The van der Waals surface area contributed by atoms with E-state index in [1.165, 1.54) is 12.1 Å². The second kappa shape index (κ2) is 6.53. The minimum absolute atomic E-state index is 0.0817. The molecule has 19 heavy (non-hydrogen) atoms. The van der Waals surface area contributed by atoms with E-state index in [2.05, 4.69) is 4.72 Å². The standard InChI is InChI=1S/C12H17NO5S/c1-3-7-13-19(16,17)9-5-6-11(18-4-2)10(8-9)12(14)15/h5-6,8,13H,3-4,7H2,1-2H3,(H,14,15). The zero-order valence-electron chi connectivity index (χ0n) is 10.8. The molecular formula is C12H17NO5S. The zero-order chi connectivity index (χ0) is 14.5. The molecule has 6 nitrogen and oxygen atoms in total. The average molecular weight is 287 g/mol. The Balaban J connectivity index is 3.18. The monoisotopic (exact) mass is 287 g/mol. The molecule has 0 saturated carbocycles. The van der Waals surface area contributed by atoms with Gasteiger partial charge in [-0.2, -0.15) is 0 Å². The number of sulfonamides is 1. The van der Waals surface area contributed by atoms with Gasteiger partial charge >= 0.3 is 5.97 Å². The minimum Gasteiger partial charge on any atom is -0.493 e. The fourth-order valence-corrected chi connectivity index (χ4v) is 2.60. The molecule has 0 aliphatic carbocycles. The number of hydrogen-bond donors (Lipinski definition) is 2. The van der Waals surface area contributed by atoms with Crippen LogP contribution in [0, 0.1) is 0 Å². The molecule has 7 heteroatoms. The van der Waals surface area contributed by atoms with E-state index in [9.17, 15) is 13.2 Å². The van der Waals surface area contributed by atoms with E-state index < -0.39 is 16.0 Å². The van der Waals surface area contributed by atoms with Crippen molar-refractivity contribution in [3.05, 3.63) is 23.8 Å². The third-order valence-corrected chi connectivity index (χ3v) is 3.79. The third kappa shape index (κ3) is 3.93. The van der Waals surface area contributed by atoms with Gasteiger partial charge < -0.3 is 9.84 Å². The molecule has 0 aliphatic rings. The Bertz CT molecular complexity index is 553. The maximum Gasteiger partial charge on any atom is 0.339 e. The molecule has 0 aliphatic heterocycles. The molecule has 2 N–H and O–H groups in total. The van der Waals surface area contributed by atoms with Crippen molar-refractivity contribution in [1.82, 2.24) is 4.72 Å². The van der Waals surface area contributed by atoms with Crippen molar-refractivity contribution in [2.45, 2.75) is 25.2 Å². The van der Waals surface area contributed by atoms with Crippen LogP contribution in [0.15, 0.2) is 23.1 Å². The lowest BCUT2D eigenvalue weighted by molar-refractivity contribution is 0.0692. The first-order valence-electron chi connectivity index (χ1n) is 5.92. The summed E-state index contributed by atoms with van der Waals surface area (Å²) in [5, 5.41) is 9.06.